The van der Waals surface area contributed by atoms with Gasteiger partial charge in [-0.2, -0.15) is 5.26 Å². The molecular weight excluding hydrogens is 918 g/mol. The Morgan fingerprint density at radius 3 is 2.43 bits per heavy atom. The molecule has 6 aliphatic heterocycles. The number of hydrogen-bond donors (Lipinski definition) is 4. The number of nitrogens with one attached hydrogen (secondary N) is 4. The highest BCUT2D eigenvalue weighted by molar-refractivity contribution is 8.00. The molecule has 6 heterocycles. The van der Waals surface area contributed by atoms with E-state index in [0.29, 0.717) is 51.4 Å². The van der Waals surface area contributed by atoms with E-state index in [1.54, 1.807) is 18.2 Å². The third-order valence-corrected chi connectivity index (χ3v) is 19.7. The van der Waals surface area contributed by atoms with E-state index in [2.05, 4.69) is 153 Å². The largest absolute Gasteiger partial charge is 0.490 e. The number of rotatable bonds is 10. The minimum absolute atomic E-state index is 0.0372. The van der Waals surface area contributed by atoms with E-state index in [1.807, 2.05) is 0 Å². The Morgan fingerprint density at radius 2 is 1.76 bits per heavy atom. The number of nitrogens with zero attached hydrogens (tertiary/aromatic N) is 5. The predicted octanol–water partition coefficient (Wildman–Crippen LogP) is 8.27. The van der Waals surface area contributed by atoms with E-state index >= 15 is 0 Å². The number of nitriles is 1. The second-order valence-corrected chi connectivity index (χ2v) is 25.0. The molecule has 15 heteroatoms. The van der Waals surface area contributed by atoms with Gasteiger partial charge in [-0.25, -0.2) is 10.9 Å². The Hall–Kier alpha value is -3.49. The molecule has 5 saturated heterocycles. The zero-order chi connectivity index (χ0) is 49.3. The molecule has 9 atom stereocenters. The van der Waals surface area contributed by atoms with Crippen molar-refractivity contribution in [3.05, 3.63) is 82.0 Å². The Morgan fingerprint density at radius 1 is 1.03 bits per heavy atom. The number of ether oxygens (including phenoxy) is 3. The van der Waals surface area contributed by atoms with Gasteiger partial charge in [-0.1, -0.05) is 71.7 Å². The third-order valence-electron chi connectivity index (χ3n) is 17.7. The van der Waals surface area contributed by atoms with Crippen molar-refractivity contribution in [2.45, 2.75) is 154 Å². The van der Waals surface area contributed by atoms with Crippen molar-refractivity contribution in [1.82, 2.24) is 36.2 Å². The van der Waals surface area contributed by atoms with Crippen LogP contribution in [0.4, 0.5) is 0 Å². The smallest absolute Gasteiger partial charge is 0.224 e. The number of amides is 1. The van der Waals surface area contributed by atoms with E-state index in [4.69, 9.17) is 30.8 Å². The van der Waals surface area contributed by atoms with Crippen molar-refractivity contribution < 1.29 is 19.0 Å². The van der Waals surface area contributed by atoms with E-state index in [1.165, 1.54) is 24.0 Å². The number of aliphatic imine (C=N–C) groups is 1. The number of benzene rings is 2. The van der Waals surface area contributed by atoms with Crippen LogP contribution in [0.3, 0.4) is 0 Å². The molecule has 4 N–H and O–H groups in total. The molecule has 0 radical (unpaired) electrons. The number of halogens is 1. The molecule has 13 nitrogen and oxygen atoms in total. The fourth-order valence-electron chi connectivity index (χ4n) is 14.0. The SMILES string of the molecule is CC/C=C1/CC(C(=O)NC2C(C)(C)C(Oc3ccc(C#N)c(Cl)c3)C2(C)C)CN(C)C(N2CCC3(CC2)CC(Oc2ccc(C4=N/C(=C/C5NCCO5)C5NNC(C)N5C5SC(C)C(C)C45)cc2)C3)C1. The zero-order valence-corrected chi connectivity index (χ0v) is 44.3. The number of carbonyl (C=O) groups is 1. The first-order valence-electron chi connectivity index (χ1n) is 26.1. The number of carbonyl (C=O) groups excluding carboxylic acids is 1. The highest BCUT2D eigenvalue weighted by Gasteiger charge is 2.64. The van der Waals surface area contributed by atoms with Crippen molar-refractivity contribution in [1.29, 1.82) is 5.26 Å². The summed E-state index contributed by atoms with van der Waals surface area (Å²) in [5, 5.41) is 17.5. The lowest BCUT2D eigenvalue weighted by molar-refractivity contribution is -0.174. The quantitative estimate of drug-likeness (QED) is 0.171. The summed E-state index contributed by atoms with van der Waals surface area (Å²) in [6.07, 6.45) is 12.1. The number of thioether (sulfide) groups is 1. The van der Waals surface area contributed by atoms with Gasteiger partial charge in [0, 0.05) is 60.3 Å². The van der Waals surface area contributed by atoms with Crippen LogP contribution in [-0.2, 0) is 9.53 Å². The molecule has 1 amide bonds. The van der Waals surface area contributed by atoms with Crippen LogP contribution in [0.15, 0.2) is 70.9 Å². The topological polar surface area (TPSA) is 139 Å². The molecule has 2 saturated carbocycles. The lowest BCUT2D eigenvalue weighted by Gasteiger charge is -2.63. The summed E-state index contributed by atoms with van der Waals surface area (Å²) >= 11 is 8.43. The molecule has 70 heavy (non-hydrogen) atoms. The van der Waals surface area contributed by atoms with E-state index in [-0.39, 0.29) is 71.5 Å². The minimum atomic E-state index is -0.319. The normalized spacial score (nSPS) is 36.3. The first-order chi connectivity index (χ1) is 33.5. The summed E-state index contributed by atoms with van der Waals surface area (Å²) in [6, 6.07) is 16.1. The average molecular weight is 995 g/mol. The summed E-state index contributed by atoms with van der Waals surface area (Å²) in [5.74, 6) is 2.30. The first-order valence-corrected chi connectivity index (χ1v) is 27.5. The Bertz CT molecular complexity index is 2380. The number of likely N-dealkylation sites (tertiary alicyclic amines) is 2. The standard InChI is InChI=1S/C55H76ClN9O4S/c1-10-11-35-24-38(49(66)60-51-53(5,6)52(54(51,7)8)69-40-17-14-37(30-57)42(56)26-40)31-63(9)45(25-35)64-21-18-55(19-22-64)28-41(29-55)68-39-15-12-36(13-16-39)47-46-32(2)33(3)70-50(46)65-34(4)61-62-48(65)43(59-47)27-44-58-20-23-67-44/h11-17,26-27,32-34,38,41,44-46,48,50-52,58,61-62H,10,18-25,28-29,31H2,1-9H3,(H,60,66)/b35-11-,43-27+. The summed E-state index contributed by atoms with van der Waals surface area (Å²) in [7, 11) is 2.22. The monoisotopic (exact) mass is 994 g/mol. The van der Waals surface area contributed by atoms with Gasteiger partial charge in [0.25, 0.3) is 0 Å². The van der Waals surface area contributed by atoms with Crippen molar-refractivity contribution in [3.8, 4) is 17.6 Å². The third kappa shape index (κ3) is 9.38. The Labute approximate surface area is 425 Å². The predicted molar refractivity (Wildman–Crippen MR) is 278 cm³/mol. The number of hydrogen-bond acceptors (Lipinski definition) is 13. The maximum Gasteiger partial charge on any atom is 0.224 e. The Balaban J connectivity index is 0.746. The molecule has 2 aromatic rings. The second-order valence-electron chi connectivity index (χ2n) is 23.1. The van der Waals surface area contributed by atoms with Gasteiger partial charge in [0.1, 0.15) is 36.1 Å². The van der Waals surface area contributed by atoms with Gasteiger partial charge in [-0.3, -0.25) is 29.8 Å². The van der Waals surface area contributed by atoms with Crippen LogP contribution in [0.25, 0.3) is 0 Å². The first kappa shape index (κ1) is 50.1. The van der Waals surface area contributed by atoms with Gasteiger partial charge in [0.2, 0.25) is 5.91 Å². The number of piperidine rings is 1. The maximum atomic E-state index is 14.4. The molecule has 10 rings (SSSR count). The van der Waals surface area contributed by atoms with Crippen LogP contribution in [-0.4, -0.2) is 120 Å². The van der Waals surface area contributed by atoms with Crippen molar-refractivity contribution >= 4 is 35.0 Å². The lowest BCUT2D eigenvalue weighted by atomic mass is 9.49. The lowest BCUT2D eigenvalue weighted by Crippen LogP contribution is -2.75. The molecule has 7 fully saturated rings. The average Bonchev–Trinajstić information content (AvgIpc) is 4.00. The van der Waals surface area contributed by atoms with Crippen molar-refractivity contribution in [2.75, 3.05) is 39.8 Å². The van der Waals surface area contributed by atoms with Crippen molar-refractivity contribution in [2.24, 2.45) is 39.0 Å². The van der Waals surface area contributed by atoms with Crippen molar-refractivity contribution in [3.63, 3.8) is 0 Å². The summed E-state index contributed by atoms with van der Waals surface area (Å²) < 4.78 is 19.2. The summed E-state index contributed by atoms with van der Waals surface area (Å²) in [5.41, 5.74) is 11.9. The van der Waals surface area contributed by atoms with Gasteiger partial charge in [-0.15, -0.1) is 11.8 Å². The maximum absolute atomic E-state index is 14.4. The van der Waals surface area contributed by atoms with Crippen LogP contribution in [0.1, 0.15) is 111 Å². The molecule has 0 aromatic heterocycles. The fourth-order valence-corrected chi connectivity index (χ4v) is 16.0. The van der Waals surface area contributed by atoms with Crippen LogP contribution in [0.2, 0.25) is 5.02 Å². The molecule has 378 valence electrons. The highest BCUT2D eigenvalue weighted by atomic mass is 35.5. The van der Waals surface area contributed by atoms with Gasteiger partial charge >= 0.3 is 0 Å². The van der Waals surface area contributed by atoms with E-state index in [0.717, 1.165) is 68.9 Å². The number of fused-ring (bicyclic) bond motifs is 3. The van der Waals surface area contributed by atoms with Crippen LogP contribution >= 0.6 is 23.4 Å². The second kappa shape index (κ2) is 19.7. The number of allylic oxidation sites excluding steroid dienone is 1. The molecule has 9 unspecified atom stereocenters. The Kier molecular flexibility index (Phi) is 14.1. The minimum Gasteiger partial charge on any atom is -0.490 e. The zero-order valence-electron chi connectivity index (χ0n) is 42.8. The molecule has 2 aromatic carbocycles. The van der Waals surface area contributed by atoms with Gasteiger partial charge in [0.15, 0.2) is 0 Å². The summed E-state index contributed by atoms with van der Waals surface area (Å²) in [4.78, 5) is 27.6. The molecular formula is C55H76ClN9O4S. The molecule has 2 aliphatic carbocycles. The van der Waals surface area contributed by atoms with Gasteiger partial charge in [-0.05, 0) is 118 Å². The molecule has 1 spiro atoms. The number of hydrazine groups is 1. The summed E-state index contributed by atoms with van der Waals surface area (Å²) in [6.45, 7) is 22.3. The fraction of sp³-hybridized carbons (Fsp3) is 0.655. The van der Waals surface area contributed by atoms with Gasteiger partial charge in [0.05, 0.1) is 58.3 Å². The van der Waals surface area contributed by atoms with Crippen LogP contribution < -0.4 is 31.0 Å². The molecule has 8 aliphatic rings. The highest BCUT2D eigenvalue weighted by Crippen LogP contribution is 2.56. The van der Waals surface area contributed by atoms with Crippen LogP contribution in [0, 0.1) is 45.3 Å². The molecule has 0 bridgehead atoms. The van der Waals surface area contributed by atoms with Crippen LogP contribution in [0.5, 0.6) is 11.5 Å². The van der Waals surface area contributed by atoms with E-state index in [9.17, 15) is 10.1 Å². The van der Waals surface area contributed by atoms with Gasteiger partial charge < -0.3 is 19.5 Å². The van der Waals surface area contributed by atoms with E-state index < -0.39 is 0 Å².